The molecule has 1 aliphatic heterocycles. The molecule has 1 heterocycles. The van der Waals surface area contributed by atoms with Crippen molar-refractivity contribution in [2.75, 3.05) is 13.4 Å². The Balaban J connectivity index is 2.20. The zero-order valence-corrected chi connectivity index (χ0v) is 14.3. The number of hydrogen-bond donors (Lipinski definition) is 0. The van der Waals surface area contributed by atoms with Crippen molar-refractivity contribution >= 4 is 16.9 Å². The first kappa shape index (κ1) is 16.5. The first-order valence-electron chi connectivity index (χ1n) is 7.22. The van der Waals surface area contributed by atoms with Gasteiger partial charge < -0.3 is 9.47 Å². The van der Waals surface area contributed by atoms with Crippen LogP contribution >= 0.6 is 11.8 Å². The third kappa shape index (κ3) is 4.09. The fraction of sp³-hybridized carbons (Fsp3) is 0.588. The third-order valence-electron chi connectivity index (χ3n) is 3.49. The van der Waals surface area contributed by atoms with Crippen LogP contribution < -0.4 is 0 Å². The third-order valence-corrected chi connectivity index (χ3v) is 4.77. The van der Waals surface area contributed by atoms with Gasteiger partial charge in [-0.25, -0.2) is 0 Å². The van der Waals surface area contributed by atoms with Crippen molar-refractivity contribution in [3.05, 3.63) is 29.8 Å². The first-order chi connectivity index (χ1) is 9.70. The predicted octanol–water partition coefficient (Wildman–Crippen LogP) is 4.42. The number of thioether (sulfide) groups is 1. The normalized spacial score (nSPS) is 22.0. The molecule has 1 saturated heterocycles. The van der Waals surface area contributed by atoms with E-state index < -0.39 is 0 Å². The van der Waals surface area contributed by atoms with E-state index >= 15 is 0 Å². The fourth-order valence-electron chi connectivity index (χ4n) is 2.27. The highest BCUT2D eigenvalue weighted by Gasteiger charge is 2.35. The van der Waals surface area contributed by atoms with E-state index in [2.05, 4.69) is 26.0 Å². The minimum absolute atomic E-state index is 0.00320. The van der Waals surface area contributed by atoms with Crippen molar-refractivity contribution in [3.8, 4) is 0 Å². The van der Waals surface area contributed by atoms with Crippen LogP contribution in [-0.4, -0.2) is 18.5 Å². The van der Waals surface area contributed by atoms with Gasteiger partial charge in [0.05, 0.1) is 12.7 Å². The molecule has 1 unspecified atom stereocenters. The SMILES string of the molecule is CC(C)(C)C(=O)Sc1cccc(C2OCOCC2(C)C)c1. The van der Waals surface area contributed by atoms with Gasteiger partial charge in [-0.1, -0.05) is 58.5 Å². The van der Waals surface area contributed by atoms with Gasteiger partial charge in [-0.05, 0) is 17.7 Å². The molecule has 1 aromatic carbocycles. The second kappa shape index (κ2) is 6.11. The molecule has 0 amide bonds. The van der Waals surface area contributed by atoms with Gasteiger partial charge in [-0.3, -0.25) is 4.79 Å². The van der Waals surface area contributed by atoms with Crippen molar-refractivity contribution in [1.29, 1.82) is 0 Å². The van der Waals surface area contributed by atoms with Crippen LogP contribution in [0.3, 0.4) is 0 Å². The molecular weight excluding hydrogens is 284 g/mol. The van der Waals surface area contributed by atoms with Gasteiger partial charge in [0.2, 0.25) is 0 Å². The molecule has 4 heteroatoms. The highest BCUT2D eigenvalue weighted by Crippen LogP contribution is 2.40. The van der Waals surface area contributed by atoms with Gasteiger partial charge in [0, 0.05) is 15.7 Å². The maximum absolute atomic E-state index is 12.2. The maximum atomic E-state index is 12.2. The predicted molar refractivity (Wildman–Crippen MR) is 85.2 cm³/mol. The first-order valence-corrected chi connectivity index (χ1v) is 8.03. The van der Waals surface area contributed by atoms with Crippen LogP contribution in [0.15, 0.2) is 29.2 Å². The summed E-state index contributed by atoms with van der Waals surface area (Å²) in [4.78, 5) is 13.1. The Bertz CT molecular complexity index is 517. The van der Waals surface area contributed by atoms with Crippen LogP contribution in [0, 0.1) is 10.8 Å². The summed E-state index contributed by atoms with van der Waals surface area (Å²) in [7, 11) is 0. The molecule has 1 fully saturated rings. The zero-order valence-electron chi connectivity index (χ0n) is 13.4. The Labute approximate surface area is 131 Å². The lowest BCUT2D eigenvalue weighted by molar-refractivity contribution is -0.202. The van der Waals surface area contributed by atoms with Gasteiger partial charge >= 0.3 is 0 Å². The van der Waals surface area contributed by atoms with E-state index in [9.17, 15) is 4.79 Å². The zero-order chi connectivity index (χ0) is 15.7. The molecular formula is C17H24O3S. The summed E-state index contributed by atoms with van der Waals surface area (Å²) < 4.78 is 11.2. The number of rotatable bonds is 2. The van der Waals surface area contributed by atoms with E-state index in [1.807, 2.05) is 32.9 Å². The van der Waals surface area contributed by atoms with Crippen LogP contribution in [0.1, 0.15) is 46.3 Å². The van der Waals surface area contributed by atoms with Crippen LogP contribution in [0.25, 0.3) is 0 Å². The van der Waals surface area contributed by atoms with E-state index in [-0.39, 0.29) is 22.0 Å². The number of carbonyl (C=O) groups is 1. The van der Waals surface area contributed by atoms with Gasteiger partial charge in [-0.15, -0.1) is 0 Å². The van der Waals surface area contributed by atoms with Gasteiger partial charge in [-0.2, -0.15) is 0 Å². The highest BCUT2D eigenvalue weighted by molar-refractivity contribution is 8.13. The molecule has 0 N–H and O–H groups in total. The van der Waals surface area contributed by atoms with E-state index in [1.165, 1.54) is 11.8 Å². The largest absolute Gasteiger partial charge is 0.355 e. The maximum Gasteiger partial charge on any atom is 0.198 e. The topological polar surface area (TPSA) is 35.5 Å². The molecule has 3 nitrogen and oxygen atoms in total. The molecule has 1 aromatic rings. The lowest BCUT2D eigenvalue weighted by atomic mass is 9.83. The van der Waals surface area contributed by atoms with Gasteiger partial charge in [0.1, 0.15) is 6.79 Å². The molecule has 1 aliphatic rings. The molecule has 21 heavy (non-hydrogen) atoms. The van der Waals surface area contributed by atoms with E-state index in [0.717, 1.165) is 10.5 Å². The quantitative estimate of drug-likeness (QED) is 0.758. The molecule has 0 aliphatic carbocycles. The summed E-state index contributed by atoms with van der Waals surface area (Å²) in [6, 6.07) is 8.09. The van der Waals surface area contributed by atoms with Crippen molar-refractivity contribution in [3.63, 3.8) is 0 Å². The lowest BCUT2D eigenvalue weighted by Crippen LogP contribution is -2.35. The van der Waals surface area contributed by atoms with Crippen LogP contribution in [-0.2, 0) is 14.3 Å². The Morgan fingerprint density at radius 2 is 2.05 bits per heavy atom. The Morgan fingerprint density at radius 1 is 1.33 bits per heavy atom. The molecule has 116 valence electrons. The molecule has 0 bridgehead atoms. The Kier molecular flexibility index (Phi) is 4.81. The summed E-state index contributed by atoms with van der Waals surface area (Å²) in [6.07, 6.45) is -0.00320. The Hall–Kier alpha value is -0.840. The number of carbonyl (C=O) groups excluding carboxylic acids is 1. The minimum atomic E-state index is -0.338. The van der Waals surface area contributed by atoms with Crippen LogP contribution in [0.4, 0.5) is 0 Å². The molecule has 0 aromatic heterocycles. The van der Waals surface area contributed by atoms with E-state index in [0.29, 0.717) is 13.4 Å². The average Bonchev–Trinajstić information content (AvgIpc) is 2.37. The lowest BCUT2D eigenvalue weighted by Gasteiger charge is -2.38. The Morgan fingerprint density at radius 3 is 2.67 bits per heavy atom. The molecule has 2 rings (SSSR count). The summed E-state index contributed by atoms with van der Waals surface area (Å²) >= 11 is 1.30. The van der Waals surface area contributed by atoms with E-state index in [4.69, 9.17) is 9.47 Å². The standard InChI is InChI=1S/C17H24O3S/c1-16(2,3)15(18)21-13-8-6-7-12(9-13)14-17(4,5)10-19-11-20-14/h6-9,14H,10-11H2,1-5H3. The molecule has 0 radical (unpaired) electrons. The van der Waals surface area contributed by atoms with Crippen molar-refractivity contribution in [2.45, 2.75) is 45.6 Å². The van der Waals surface area contributed by atoms with E-state index in [1.54, 1.807) is 0 Å². The average molecular weight is 308 g/mol. The number of benzene rings is 1. The van der Waals surface area contributed by atoms with Crippen molar-refractivity contribution < 1.29 is 14.3 Å². The summed E-state index contributed by atoms with van der Waals surface area (Å²) in [5.41, 5.74) is 0.694. The summed E-state index contributed by atoms with van der Waals surface area (Å²) in [5.74, 6) is 0. The molecule has 0 spiro atoms. The number of ether oxygens (including phenoxy) is 2. The smallest absolute Gasteiger partial charge is 0.198 e. The van der Waals surface area contributed by atoms with Crippen molar-refractivity contribution in [2.24, 2.45) is 10.8 Å². The van der Waals surface area contributed by atoms with Crippen LogP contribution in [0.2, 0.25) is 0 Å². The van der Waals surface area contributed by atoms with Gasteiger partial charge in [0.15, 0.2) is 5.12 Å². The second-order valence-electron chi connectivity index (χ2n) is 7.21. The van der Waals surface area contributed by atoms with Gasteiger partial charge in [0.25, 0.3) is 0 Å². The minimum Gasteiger partial charge on any atom is -0.355 e. The van der Waals surface area contributed by atoms with Crippen LogP contribution in [0.5, 0.6) is 0 Å². The second-order valence-corrected chi connectivity index (χ2v) is 8.26. The molecule has 1 atom stereocenters. The summed E-state index contributed by atoms with van der Waals surface area (Å²) in [6.45, 7) is 11.1. The highest BCUT2D eigenvalue weighted by atomic mass is 32.2. The number of hydrogen-bond acceptors (Lipinski definition) is 4. The summed E-state index contributed by atoms with van der Waals surface area (Å²) in [5, 5.41) is 0.173. The molecule has 0 saturated carbocycles. The van der Waals surface area contributed by atoms with Crippen molar-refractivity contribution in [1.82, 2.24) is 0 Å². The monoisotopic (exact) mass is 308 g/mol. The fourth-order valence-corrected chi connectivity index (χ4v) is 3.13.